The molecule has 8 nitrogen and oxygen atoms in total. The molecular weight excluding hydrogens is 318 g/mol. The van der Waals surface area contributed by atoms with E-state index in [1.165, 1.54) is 6.33 Å². The van der Waals surface area contributed by atoms with E-state index in [1.807, 2.05) is 6.92 Å². The molecule has 0 radical (unpaired) electrons. The van der Waals surface area contributed by atoms with Gasteiger partial charge in [-0.05, 0) is 41.5 Å². The third-order valence-corrected chi connectivity index (χ3v) is 4.50. The van der Waals surface area contributed by atoms with Gasteiger partial charge in [-0.2, -0.15) is 0 Å². The summed E-state index contributed by atoms with van der Waals surface area (Å²) in [7, 11) is -3.21. The number of nitrogens with one attached hydrogen (secondary N) is 1. The molecule has 1 aromatic heterocycles. The molecule has 23 heavy (non-hydrogen) atoms. The summed E-state index contributed by atoms with van der Waals surface area (Å²) in [4.78, 5) is 12.2. The van der Waals surface area contributed by atoms with Gasteiger partial charge >= 0.3 is 0 Å². The number of hydrogen-bond acceptors (Lipinski definition) is 6. The maximum absolute atomic E-state index is 11.9. The molecule has 1 atom stereocenters. The van der Waals surface area contributed by atoms with Crippen LogP contribution in [0, 0.1) is 0 Å². The van der Waals surface area contributed by atoms with Gasteiger partial charge in [-0.25, -0.2) is 13.1 Å². The topological polar surface area (TPSA) is 107 Å². The van der Waals surface area contributed by atoms with Crippen LogP contribution in [0.25, 0.3) is 0 Å². The van der Waals surface area contributed by atoms with Gasteiger partial charge in [0.2, 0.25) is 5.91 Å². The fourth-order valence-corrected chi connectivity index (χ4v) is 2.72. The van der Waals surface area contributed by atoms with Gasteiger partial charge in [0.1, 0.15) is 6.33 Å². The Morgan fingerprint density at radius 1 is 1.30 bits per heavy atom. The number of sulfone groups is 1. The molecule has 0 saturated carbocycles. The van der Waals surface area contributed by atoms with Crippen molar-refractivity contribution >= 4 is 15.7 Å². The van der Waals surface area contributed by atoms with E-state index in [9.17, 15) is 13.2 Å². The zero-order valence-electron chi connectivity index (χ0n) is 13.0. The zero-order valence-corrected chi connectivity index (χ0v) is 13.8. The first kappa shape index (κ1) is 17.1. The van der Waals surface area contributed by atoms with E-state index in [4.69, 9.17) is 0 Å². The van der Waals surface area contributed by atoms with Gasteiger partial charge in [0.25, 0.3) is 0 Å². The number of aromatic nitrogens is 4. The number of tetrazole rings is 1. The number of benzene rings is 1. The predicted octanol–water partition coefficient (Wildman–Crippen LogP) is 0.734. The lowest BCUT2D eigenvalue weighted by atomic mass is 10.1. The molecule has 9 heteroatoms. The summed E-state index contributed by atoms with van der Waals surface area (Å²) >= 11 is 0. The summed E-state index contributed by atoms with van der Waals surface area (Å²) < 4.78 is 24.4. The number of aryl methyl sites for hydroxylation is 1. The average Bonchev–Trinajstić information content (AvgIpc) is 2.99. The van der Waals surface area contributed by atoms with Crippen LogP contribution in [0.5, 0.6) is 0 Å². The molecule has 1 amide bonds. The van der Waals surface area contributed by atoms with Crippen LogP contribution in [0.4, 0.5) is 0 Å². The summed E-state index contributed by atoms with van der Waals surface area (Å²) in [6.07, 6.45) is 3.67. The highest BCUT2D eigenvalue weighted by molar-refractivity contribution is 7.90. The number of carbonyl (C=O) groups excluding carboxylic acids is 1. The Morgan fingerprint density at radius 3 is 2.57 bits per heavy atom. The molecule has 0 aliphatic rings. The summed E-state index contributed by atoms with van der Waals surface area (Å²) in [5, 5.41) is 13.7. The largest absolute Gasteiger partial charge is 0.350 e. The first-order valence-electron chi connectivity index (χ1n) is 7.16. The van der Waals surface area contributed by atoms with Gasteiger partial charge < -0.3 is 5.32 Å². The Balaban J connectivity index is 1.83. The van der Waals surface area contributed by atoms with E-state index in [1.54, 1.807) is 28.9 Å². The van der Waals surface area contributed by atoms with Gasteiger partial charge in [-0.3, -0.25) is 4.79 Å². The van der Waals surface area contributed by atoms with Crippen molar-refractivity contribution in [2.45, 2.75) is 37.2 Å². The number of rotatable bonds is 7. The third-order valence-electron chi connectivity index (χ3n) is 3.37. The number of carbonyl (C=O) groups is 1. The molecule has 1 aromatic carbocycles. The summed E-state index contributed by atoms with van der Waals surface area (Å²) in [6, 6.07) is 6.32. The van der Waals surface area contributed by atoms with E-state index >= 15 is 0 Å². The highest BCUT2D eigenvalue weighted by Crippen LogP contribution is 2.16. The van der Waals surface area contributed by atoms with Gasteiger partial charge in [0, 0.05) is 19.2 Å². The minimum Gasteiger partial charge on any atom is -0.350 e. The van der Waals surface area contributed by atoms with Gasteiger partial charge in [0.05, 0.1) is 10.9 Å². The number of amides is 1. The maximum atomic E-state index is 11.9. The first-order chi connectivity index (χ1) is 10.9. The van der Waals surface area contributed by atoms with Crippen molar-refractivity contribution in [2.75, 3.05) is 6.26 Å². The van der Waals surface area contributed by atoms with Crippen LogP contribution in [0.1, 0.15) is 31.4 Å². The van der Waals surface area contributed by atoms with E-state index < -0.39 is 9.84 Å². The molecular formula is C14H19N5O3S. The van der Waals surface area contributed by atoms with Crippen molar-refractivity contribution in [3.05, 3.63) is 36.2 Å². The minimum absolute atomic E-state index is 0.0715. The lowest BCUT2D eigenvalue weighted by Crippen LogP contribution is -2.26. The first-order valence-corrected chi connectivity index (χ1v) is 9.05. The Labute approximate surface area is 134 Å². The highest BCUT2D eigenvalue weighted by Gasteiger charge is 2.11. The second kappa shape index (κ2) is 7.32. The van der Waals surface area contributed by atoms with E-state index in [2.05, 4.69) is 20.8 Å². The van der Waals surface area contributed by atoms with E-state index in [0.717, 1.165) is 11.8 Å². The molecule has 1 N–H and O–H groups in total. The molecule has 0 aliphatic heterocycles. The molecule has 0 spiro atoms. The lowest BCUT2D eigenvalue weighted by Gasteiger charge is -2.14. The lowest BCUT2D eigenvalue weighted by molar-refractivity contribution is -0.121. The smallest absolute Gasteiger partial charge is 0.220 e. The van der Waals surface area contributed by atoms with Gasteiger partial charge in [-0.15, -0.1) is 5.10 Å². The van der Waals surface area contributed by atoms with Gasteiger partial charge in [0.15, 0.2) is 9.84 Å². The Kier molecular flexibility index (Phi) is 5.43. The molecule has 0 aliphatic carbocycles. The van der Waals surface area contributed by atoms with Crippen LogP contribution in [0.3, 0.4) is 0 Å². The minimum atomic E-state index is -3.21. The standard InChI is InChI=1S/C14H19N5O3S/c1-11(12-5-7-13(8-6-12)23(2,21)22)16-14(20)4-3-9-19-10-15-17-18-19/h5-8,10-11H,3-4,9H2,1-2H3,(H,16,20)/t11-/m1/s1. The second-order valence-corrected chi connectivity index (χ2v) is 7.32. The Bertz CT molecular complexity index is 741. The molecule has 2 aromatic rings. The fourth-order valence-electron chi connectivity index (χ4n) is 2.09. The van der Waals surface area contributed by atoms with Crippen molar-refractivity contribution < 1.29 is 13.2 Å². The molecule has 0 unspecified atom stereocenters. The van der Waals surface area contributed by atoms with Crippen LogP contribution in [-0.2, 0) is 21.2 Å². The average molecular weight is 337 g/mol. The van der Waals surface area contributed by atoms with Crippen molar-refractivity contribution in [2.24, 2.45) is 0 Å². The van der Waals surface area contributed by atoms with Crippen molar-refractivity contribution in [3.8, 4) is 0 Å². The van der Waals surface area contributed by atoms with Crippen LogP contribution in [0.15, 0.2) is 35.5 Å². The van der Waals surface area contributed by atoms with Gasteiger partial charge in [-0.1, -0.05) is 12.1 Å². The second-order valence-electron chi connectivity index (χ2n) is 5.31. The molecule has 2 rings (SSSR count). The Morgan fingerprint density at radius 2 is 2.00 bits per heavy atom. The number of hydrogen-bond donors (Lipinski definition) is 1. The predicted molar refractivity (Wildman–Crippen MR) is 83.2 cm³/mol. The monoisotopic (exact) mass is 337 g/mol. The molecule has 0 fully saturated rings. The quantitative estimate of drug-likeness (QED) is 0.798. The molecule has 1 heterocycles. The Hall–Kier alpha value is -2.29. The van der Waals surface area contributed by atoms with Crippen LogP contribution in [0.2, 0.25) is 0 Å². The van der Waals surface area contributed by atoms with E-state index in [0.29, 0.717) is 19.4 Å². The summed E-state index contributed by atoms with van der Waals surface area (Å²) in [5.41, 5.74) is 0.853. The van der Waals surface area contributed by atoms with Crippen molar-refractivity contribution in [1.29, 1.82) is 0 Å². The normalized spacial score (nSPS) is 12.8. The summed E-state index contributed by atoms with van der Waals surface area (Å²) in [6.45, 7) is 2.44. The highest BCUT2D eigenvalue weighted by atomic mass is 32.2. The van der Waals surface area contributed by atoms with Crippen LogP contribution >= 0.6 is 0 Å². The summed E-state index contributed by atoms with van der Waals surface area (Å²) in [5.74, 6) is -0.0715. The van der Waals surface area contributed by atoms with Crippen LogP contribution < -0.4 is 5.32 Å². The van der Waals surface area contributed by atoms with Crippen LogP contribution in [-0.4, -0.2) is 40.8 Å². The van der Waals surface area contributed by atoms with Crippen molar-refractivity contribution in [3.63, 3.8) is 0 Å². The SMILES string of the molecule is C[C@@H](NC(=O)CCCn1cnnn1)c1ccc(S(C)(=O)=O)cc1. The van der Waals surface area contributed by atoms with Crippen molar-refractivity contribution in [1.82, 2.24) is 25.5 Å². The third kappa shape index (κ3) is 5.13. The zero-order chi connectivity index (χ0) is 16.9. The fraction of sp³-hybridized carbons (Fsp3) is 0.429. The van der Waals surface area contributed by atoms with E-state index in [-0.39, 0.29) is 16.8 Å². The maximum Gasteiger partial charge on any atom is 0.220 e. The molecule has 0 saturated heterocycles. The molecule has 124 valence electrons. The molecule has 0 bridgehead atoms. The number of nitrogens with zero attached hydrogens (tertiary/aromatic N) is 4.